The maximum absolute atomic E-state index is 13.7. The van der Waals surface area contributed by atoms with Crippen molar-refractivity contribution in [2.45, 2.75) is 12.1 Å². The Bertz CT molecular complexity index is 1240. The zero-order chi connectivity index (χ0) is 23.6. The molecule has 7 nitrogen and oxygen atoms in total. The lowest BCUT2D eigenvalue weighted by Crippen LogP contribution is -2.19. The summed E-state index contributed by atoms with van der Waals surface area (Å²) < 4.78 is 42.1. The van der Waals surface area contributed by atoms with Crippen molar-refractivity contribution in [1.82, 2.24) is 14.8 Å². The van der Waals surface area contributed by atoms with Gasteiger partial charge in [0.15, 0.2) is 0 Å². The summed E-state index contributed by atoms with van der Waals surface area (Å²) in [6, 6.07) is 8.17. The number of hydrogen-bond donors (Lipinski definition) is 0. The summed E-state index contributed by atoms with van der Waals surface area (Å²) in [5.74, 6) is -2.70. The topological polar surface area (TPSA) is 97.6 Å². The molecular formula is C19H9Cl3F3N5O2. The largest absolute Gasteiger partial charge is 0.491 e. The van der Waals surface area contributed by atoms with Gasteiger partial charge in [-0.1, -0.05) is 58.0 Å². The van der Waals surface area contributed by atoms with Gasteiger partial charge < -0.3 is 10.1 Å². The lowest BCUT2D eigenvalue weighted by atomic mass is 9.96. The molecule has 2 aromatic carbocycles. The molecule has 1 heterocycles. The molecular weight excluding hydrogens is 494 g/mol. The van der Waals surface area contributed by atoms with E-state index in [9.17, 15) is 28.5 Å². The maximum atomic E-state index is 13.7. The molecule has 3 aromatic rings. The van der Waals surface area contributed by atoms with E-state index in [1.807, 2.05) is 6.07 Å². The molecule has 0 radical (unpaired) electrons. The predicted molar refractivity (Wildman–Crippen MR) is 112 cm³/mol. The molecule has 0 aliphatic rings. The number of alkyl halides is 3. The number of halogens is 6. The van der Waals surface area contributed by atoms with E-state index in [1.165, 1.54) is 24.3 Å². The molecule has 32 heavy (non-hydrogen) atoms. The summed E-state index contributed by atoms with van der Waals surface area (Å²) in [6.45, 7) is 0. The molecule has 13 heteroatoms. The van der Waals surface area contributed by atoms with Crippen LogP contribution in [0.15, 0.2) is 42.7 Å². The van der Waals surface area contributed by atoms with Crippen LogP contribution in [0.3, 0.4) is 0 Å². The monoisotopic (exact) mass is 501 g/mol. The van der Waals surface area contributed by atoms with Crippen LogP contribution in [0.5, 0.6) is 0 Å². The van der Waals surface area contributed by atoms with E-state index >= 15 is 0 Å². The van der Waals surface area contributed by atoms with E-state index in [2.05, 4.69) is 10.1 Å². The molecule has 1 aromatic heterocycles. The minimum atomic E-state index is -4.66. The molecule has 164 valence electrons. The van der Waals surface area contributed by atoms with Crippen LogP contribution in [0.1, 0.15) is 22.6 Å². The number of nitrogens with zero attached hydrogens (tertiary/aromatic N) is 5. The Hall–Kier alpha value is -3.13. The first-order valence-corrected chi connectivity index (χ1v) is 9.64. The molecule has 0 saturated heterocycles. The molecule has 1 unspecified atom stereocenters. The summed E-state index contributed by atoms with van der Waals surface area (Å²) >= 11 is 17.6. The average molecular weight is 503 g/mol. The zero-order valence-corrected chi connectivity index (χ0v) is 17.8. The highest BCUT2D eigenvalue weighted by Crippen LogP contribution is 2.41. The van der Waals surface area contributed by atoms with Crippen molar-refractivity contribution in [2.24, 2.45) is 0 Å². The van der Waals surface area contributed by atoms with Gasteiger partial charge >= 0.3 is 12.1 Å². The van der Waals surface area contributed by atoms with Gasteiger partial charge in [-0.05, 0) is 40.3 Å². The Labute approximate surface area is 193 Å². The number of nitriles is 1. The summed E-state index contributed by atoms with van der Waals surface area (Å²) in [5, 5.41) is 23.5. The Balaban J connectivity index is 1.97. The quantitative estimate of drug-likeness (QED) is 0.229. The smallest absolute Gasteiger partial charge is 0.390 e. The highest BCUT2D eigenvalue weighted by atomic mass is 35.5. The number of nitro groups is 1. The molecule has 0 aliphatic carbocycles. The van der Waals surface area contributed by atoms with Gasteiger partial charge in [-0.2, -0.15) is 18.4 Å². The van der Waals surface area contributed by atoms with Crippen LogP contribution in [-0.4, -0.2) is 25.9 Å². The number of rotatable bonds is 5. The predicted octanol–water partition coefficient (Wildman–Crippen LogP) is 6.37. The third-order valence-corrected chi connectivity index (χ3v) is 5.43. The van der Waals surface area contributed by atoms with Crippen LogP contribution in [0.25, 0.3) is 11.8 Å². The molecule has 0 saturated carbocycles. The summed E-state index contributed by atoms with van der Waals surface area (Å²) in [6.07, 6.45) is -1.53. The Morgan fingerprint density at radius 1 is 1.19 bits per heavy atom. The van der Waals surface area contributed by atoms with E-state index in [4.69, 9.17) is 34.8 Å². The van der Waals surface area contributed by atoms with E-state index in [0.29, 0.717) is 0 Å². The summed E-state index contributed by atoms with van der Waals surface area (Å²) in [7, 11) is 0. The summed E-state index contributed by atoms with van der Waals surface area (Å²) in [4.78, 5) is 13.4. The van der Waals surface area contributed by atoms with Crippen LogP contribution in [0, 0.1) is 21.4 Å². The second-order valence-electron chi connectivity index (χ2n) is 6.31. The fourth-order valence-electron chi connectivity index (χ4n) is 2.77. The maximum Gasteiger partial charge on any atom is 0.491 e. The standard InChI is InChI=1S/C19H9Cl3F3N5O2/c20-14-6-11(7-15(21)17(14)22)13(19(23,24)25)3-1-10-2-4-16(12(5-10)8-26)29-9-27-18(28-29)30(31)32/h1-7,9,13H. The van der Waals surface area contributed by atoms with Gasteiger partial charge in [-0.3, -0.25) is 0 Å². The lowest BCUT2D eigenvalue weighted by Gasteiger charge is -2.18. The summed E-state index contributed by atoms with van der Waals surface area (Å²) in [5.41, 5.74) is 0.266. The second kappa shape index (κ2) is 9.16. The molecule has 0 fully saturated rings. The second-order valence-corrected chi connectivity index (χ2v) is 7.50. The van der Waals surface area contributed by atoms with Crippen LogP contribution >= 0.6 is 34.8 Å². The number of allylic oxidation sites excluding steroid dienone is 1. The normalized spacial score (nSPS) is 12.7. The van der Waals surface area contributed by atoms with Crippen molar-refractivity contribution in [1.29, 1.82) is 5.26 Å². The van der Waals surface area contributed by atoms with Gasteiger partial charge in [-0.15, -0.1) is 4.68 Å². The average Bonchev–Trinajstić information content (AvgIpc) is 3.21. The van der Waals surface area contributed by atoms with Gasteiger partial charge in [-0.25, -0.2) is 0 Å². The Kier molecular flexibility index (Phi) is 6.74. The van der Waals surface area contributed by atoms with Crippen LogP contribution in [0.2, 0.25) is 15.1 Å². The van der Waals surface area contributed by atoms with E-state index in [0.717, 1.165) is 29.2 Å². The van der Waals surface area contributed by atoms with Crippen molar-refractivity contribution < 1.29 is 18.1 Å². The van der Waals surface area contributed by atoms with Gasteiger partial charge in [0.05, 0.1) is 26.5 Å². The molecule has 0 aliphatic heterocycles. The minimum absolute atomic E-state index is 0.0214. The number of benzene rings is 2. The Morgan fingerprint density at radius 2 is 1.84 bits per heavy atom. The van der Waals surface area contributed by atoms with E-state index < -0.39 is 23.0 Å². The number of aromatic nitrogens is 3. The highest BCUT2D eigenvalue weighted by molar-refractivity contribution is 6.48. The molecule has 0 N–H and O–H groups in total. The van der Waals surface area contributed by atoms with E-state index in [1.54, 1.807) is 0 Å². The van der Waals surface area contributed by atoms with Crippen molar-refractivity contribution in [3.8, 4) is 11.8 Å². The molecule has 3 rings (SSSR count). The van der Waals surface area contributed by atoms with Gasteiger partial charge in [0.25, 0.3) is 0 Å². The molecule has 1 atom stereocenters. The van der Waals surface area contributed by atoms with Gasteiger partial charge in [0.2, 0.25) is 6.33 Å². The van der Waals surface area contributed by atoms with E-state index in [-0.39, 0.29) is 37.4 Å². The molecule has 0 bridgehead atoms. The van der Waals surface area contributed by atoms with Crippen LogP contribution < -0.4 is 0 Å². The van der Waals surface area contributed by atoms with Crippen molar-refractivity contribution in [3.05, 3.63) is 84.6 Å². The van der Waals surface area contributed by atoms with Gasteiger partial charge in [0.1, 0.15) is 11.8 Å². The first-order valence-electron chi connectivity index (χ1n) is 8.51. The first kappa shape index (κ1) is 23.5. The third kappa shape index (κ3) is 5.02. The third-order valence-electron chi connectivity index (χ3n) is 4.23. The molecule has 0 spiro atoms. The first-order chi connectivity index (χ1) is 15.0. The number of hydrogen-bond acceptors (Lipinski definition) is 5. The lowest BCUT2D eigenvalue weighted by molar-refractivity contribution is -0.394. The van der Waals surface area contributed by atoms with Crippen LogP contribution in [0.4, 0.5) is 19.1 Å². The highest BCUT2D eigenvalue weighted by Gasteiger charge is 2.39. The van der Waals surface area contributed by atoms with Crippen molar-refractivity contribution in [3.63, 3.8) is 0 Å². The van der Waals surface area contributed by atoms with Gasteiger partial charge in [0, 0.05) is 5.10 Å². The molecule has 0 amide bonds. The van der Waals surface area contributed by atoms with Crippen molar-refractivity contribution in [2.75, 3.05) is 0 Å². The van der Waals surface area contributed by atoms with Crippen LogP contribution in [-0.2, 0) is 0 Å². The minimum Gasteiger partial charge on any atom is -0.390 e. The zero-order valence-electron chi connectivity index (χ0n) is 15.5. The fourth-order valence-corrected chi connectivity index (χ4v) is 3.38. The fraction of sp³-hybridized carbons (Fsp3) is 0.105. The SMILES string of the molecule is N#Cc1cc(C=CC(c2cc(Cl)c(Cl)c(Cl)c2)C(F)(F)F)ccc1-n1cnc([N+](=O)[O-])n1. The Morgan fingerprint density at radius 3 is 2.38 bits per heavy atom. The van der Waals surface area contributed by atoms with Crippen molar-refractivity contribution >= 4 is 46.8 Å².